The quantitative estimate of drug-likeness (QED) is 0.802. The van der Waals surface area contributed by atoms with Crippen LogP contribution in [0.4, 0.5) is 0 Å². The number of aliphatic hydroxyl groups is 1. The summed E-state index contributed by atoms with van der Waals surface area (Å²) >= 11 is 7.26. The topological polar surface area (TPSA) is 50.9 Å². The second-order valence-corrected chi connectivity index (χ2v) is 5.54. The van der Waals surface area contributed by atoms with Gasteiger partial charge >= 0.3 is 0 Å². The summed E-state index contributed by atoms with van der Waals surface area (Å²) in [5.41, 5.74) is 1.89. The highest BCUT2D eigenvalue weighted by atomic mass is 35.5. The zero-order valence-corrected chi connectivity index (χ0v) is 10.9. The molecule has 0 atom stereocenters. The van der Waals surface area contributed by atoms with E-state index in [9.17, 15) is 5.11 Å². The third-order valence-corrected chi connectivity index (χ3v) is 3.81. The highest BCUT2D eigenvalue weighted by Gasteiger charge is 2.11. The molecular formula is C12H10ClN3OS. The number of fused-ring (bicyclic) bond motifs is 1. The Morgan fingerprint density at radius 3 is 2.89 bits per heavy atom. The van der Waals surface area contributed by atoms with Crippen LogP contribution >= 0.6 is 22.9 Å². The second-order valence-electron chi connectivity index (χ2n) is 3.84. The smallest absolute Gasteiger partial charge is 0.183 e. The fraction of sp³-hybridized carbons (Fsp3) is 0.167. The summed E-state index contributed by atoms with van der Waals surface area (Å²) in [6, 6.07) is 7.82. The molecule has 0 aliphatic carbocycles. The molecule has 0 aliphatic heterocycles. The fourth-order valence-electron chi connectivity index (χ4n) is 1.94. The Bertz CT molecular complexity index is 692. The van der Waals surface area contributed by atoms with Gasteiger partial charge in [-0.3, -0.25) is 0 Å². The predicted molar refractivity (Wildman–Crippen MR) is 71.9 cm³/mol. The van der Waals surface area contributed by atoms with Crippen LogP contribution < -0.4 is 0 Å². The number of nitrogens with zero attached hydrogens (tertiary/aromatic N) is 3. The van der Waals surface area contributed by atoms with Crippen molar-refractivity contribution in [3.8, 4) is 0 Å². The van der Waals surface area contributed by atoms with Crippen LogP contribution in [-0.2, 0) is 13.2 Å². The number of aromatic nitrogens is 3. The lowest BCUT2D eigenvalue weighted by molar-refractivity contribution is 0.267. The van der Waals surface area contributed by atoms with Crippen molar-refractivity contribution < 1.29 is 5.11 Å². The van der Waals surface area contributed by atoms with Crippen molar-refractivity contribution in [1.82, 2.24) is 14.5 Å². The van der Waals surface area contributed by atoms with Crippen LogP contribution in [-0.4, -0.2) is 19.6 Å². The van der Waals surface area contributed by atoms with Crippen molar-refractivity contribution in [2.45, 2.75) is 13.2 Å². The van der Waals surface area contributed by atoms with Gasteiger partial charge < -0.3 is 9.67 Å². The second kappa shape index (κ2) is 4.68. The van der Waals surface area contributed by atoms with Gasteiger partial charge in [0.25, 0.3) is 0 Å². The van der Waals surface area contributed by atoms with Crippen LogP contribution in [0.2, 0.25) is 4.47 Å². The number of benzene rings is 1. The maximum atomic E-state index is 9.38. The van der Waals surface area contributed by atoms with Crippen molar-refractivity contribution in [3.05, 3.63) is 45.6 Å². The van der Waals surface area contributed by atoms with Gasteiger partial charge in [-0.05, 0) is 12.1 Å². The molecule has 3 rings (SSSR count). The summed E-state index contributed by atoms with van der Waals surface area (Å²) in [4.78, 5) is 9.46. The molecular weight excluding hydrogens is 270 g/mol. The maximum Gasteiger partial charge on any atom is 0.183 e. The number of hydrogen-bond acceptors (Lipinski definition) is 4. The zero-order valence-electron chi connectivity index (χ0n) is 9.38. The van der Waals surface area contributed by atoms with Gasteiger partial charge in [-0.2, -0.15) is 0 Å². The van der Waals surface area contributed by atoms with Crippen LogP contribution in [0.5, 0.6) is 0 Å². The number of halogens is 1. The van der Waals surface area contributed by atoms with E-state index in [4.69, 9.17) is 11.6 Å². The molecule has 1 aromatic carbocycles. The molecule has 0 unspecified atom stereocenters. The Labute approximate surface area is 112 Å². The largest absolute Gasteiger partial charge is 0.388 e. The van der Waals surface area contributed by atoms with Crippen LogP contribution in [0.15, 0.2) is 30.5 Å². The Morgan fingerprint density at radius 1 is 1.33 bits per heavy atom. The summed E-state index contributed by atoms with van der Waals surface area (Å²) < 4.78 is 2.51. The first-order chi connectivity index (χ1) is 8.78. The third-order valence-electron chi connectivity index (χ3n) is 2.71. The summed E-state index contributed by atoms with van der Waals surface area (Å²) in [5, 5.41) is 9.38. The van der Waals surface area contributed by atoms with Crippen LogP contribution in [0.3, 0.4) is 0 Å². The predicted octanol–water partition coefficient (Wildman–Crippen LogP) is 2.69. The minimum absolute atomic E-state index is 0.0821. The zero-order chi connectivity index (χ0) is 12.5. The van der Waals surface area contributed by atoms with Gasteiger partial charge in [-0.1, -0.05) is 23.7 Å². The molecule has 18 heavy (non-hydrogen) atoms. The van der Waals surface area contributed by atoms with Gasteiger partial charge in [0.1, 0.15) is 12.4 Å². The molecule has 4 nitrogen and oxygen atoms in total. The maximum absolute atomic E-state index is 9.38. The molecule has 2 heterocycles. The van der Waals surface area contributed by atoms with Crippen LogP contribution in [0, 0.1) is 0 Å². The molecule has 0 fully saturated rings. The molecule has 0 saturated heterocycles. The van der Waals surface area contributed by atoms with Crippen molar-refractivity contribution in [1.29, 1.82) is 0 Å². The number of aliphatic hydroxyl groups excluding tert-OH is 1. The number of para-hydroxylation sites is 2. The molecule has 0 spiro atoms. The molecule has 0 aliphatic rings. The average molecular weight is 280 g/mol. The van der Waals surface area contributed by atoms with E-state index in [1.807, 2.05) is 28.8 Å². The summed E-state index contributed by atoms with van der Waals surface area (Å²) in [7, 11) is 0. The Kier molecular flexibility index (Phi) is 3.03. The lowest BCUT2D eigenvalue weighted by Crippen LogP contribution is -2.03. The molecule has 0 bridgehead atoms. The summed E-state index contributed by atoms with van der Waals surface area (Å²) in [6.07, 6.45) is 1.75. The van der Waals surface area contributed by atoms with Crippen molar-refractivity contribution >= 4 is 34.0 Å². The Morgan fingerprint density at radius 2 is 2.17 bits per heavy atom. The number of hydrogen-bond donors (Lipinski definition) is 1. The number of thiazole rings is 1. The molecule has 0 saturated carbocycles. The minimum atomic E-state index is -0.0821. The van der Waals surface area contributed by atoms with Gasteiger partial charge in [0.15, 0.2) is 4.47 Å². The molecule has 0 amide bonds. The van der Waals surface area contributed by atoms with Gasteiger partial charge in [-0.25, -0.2) is 9.97 Å². The Balaban J connectivity index is 2.09. The third kappa shape index (κ3) is 2.01. The van der Waals surface area contributed by atoms with Crippen LogP contribution in [0.1, 0.15) is 10.7 Å². The van der Waals surface area contributed by atoms with E-state index < -0.39 is 0 Å². The van der Waals surface area contributed by atoms with E-state index in [1.165, 1.54) is 11.3 Å². The van der Waals surface area contributed by atoms with E-state index in [1.54, 1.807) is 6.20 Å². The van der Waals surface area contributed by atoms with Gasteiger partial charge in [0.2, 0.25) is 0 Å². The molecule has 1 N–H and O–H groups in total. The molecule has 6 heteroatoms. The SMILES string of the molecule is OCc1nc2ccccc2n1Cc1cnc(Cl)s1. The standard InChI is InChI=1S/C12H10ClN3OS/c13-12-14-5-8(18-12)6-16-10-4-2-1-3-9(10)15-11(16)7-17/h1-5,17H,6-7H2. The van der Waals surface area contributed by atoms with Crippen molar-refractivity contribution in [3.63, 3.8) is 0 Å². The Hall–Kier alpha value is -1.43. The first-order valence-corrected chi connectivity index (χ1v) is 6.62. The van der Waals surface area contributed by atoms with Crippen molar-refractivity contribution in [2.24, 2.45) is 0 Å². The molecule has 0 radical (unpaired) electrons. The van der Waals surface area contributed by atoms with E-state index in [0.717, 1.165) is 15.9 Å². The number of rotatable bonds is 3. The van der Waals surface area contributed by atoms with E-state index >= 15 is 0 Å². The van der Waals surface area contributed by atoms with Gasteiger partial charge in [-0.15, -0.1) is 11.3 Å². The van der Waals surface area contributed by atoms with Gasteiger partial charge in [0.05, 0.1) is 17.6 Å². The molecule has 2 aromatic heterocycles. The lowest BCUT2D eigenvalue weighted by atomic mass is 10.3. The fourth-order valence-corrected chi connectivity index (χ4v) is 2.90. The average Bonchev–Trinajstić information content (AvgIpc) is 2.94. The monoisotopic (exact) mass is 279 g/mol. The van der Waals surface area contributed by atoms with E-state index in [2.05, 4.69) is 9.97 Å². The lowest BCUT2D eigenvalue weighted by Gasteiger charge is -2.05. The highest BCUT2D eigenvalue weighted by molar-refractivity contribution is 7.15. The minimum Gasteiger partial charge on any atom is -0.388 e. The van der Waals surface area contributed by atoms with Crippen LogP contribution in [0.25, 0.3) is 11.0 Å². The first kappa shape index (κ1) is 11.6. The first-order valence-electron chi connectivity index (χ1n) is 5.43. The van der Waals surface area contributed by atoms with E-state index in [-0.39, 0.29) is 6.61 Å². The van der Waals surface area contributed by atoms with Gasteiger partial charge in [0, 0.05) is 11.1 Å². The number of imidazole rings is 1. The molecule has 3 aromatic rings. The summed E-state index contributed by atoms with van der Waals surface area (Å²) in [6.45, 7) is 0.544. The molecule has 92 valence electrons. The van der Waals surface area contributed by atoms with Crippen molar-refractivity contribution in [2.75, 3.05) is 0 Å². The van der Waals surface area contributed by atoms with E-state index in [0.29, 0.717) is 16.8 Å². The normalized spacial score (nSPS) is 11.2. The summed E-state index contributed by atoms with van der Waals surface area (Å²) in [5.74, 6) is 0.653. The highest BCUT2D eigenvalue weighted by Crippen LogP contribution is 2.22.